The highest BCUT2D eigenvalue weighted by molar-refractivity contribution is 6.33. The van der Waals surface area contributed by atoms with Crippen LogP contribution in [-0.4, -0.2) is 31.5 Å². The molecule has 29 heavy (non-hydrogen) atoms. The van der Waals surface area contributed by atoms with E-state index >= 15 is 0 Å². The number of halogens is 2. The standard InChI is InChI=1S/C18H11ClFN5O4/c19-12-2-1-9(22-16(26)14-3-4-15(20)29-14)5-11(12)13-8-25-7-10(23-18(27)28)6-21-17(25)24-13/h1-8,23H,(H,22,26)(H,27,28). The first kappa shape index (κ1) is 18.4. The van der Waals surface area contributed by atoms with Gasteiger partial charge in [-0.2, -0.15) is 4.39 Å². The van der Waals surface area contributed by atoms with Crippen molar-refractivity contribution in [1.29, 1.82) is 0 Å². The van der Waals surface area contributed by atoms with E-state index in [2.05, 4.69) is 25.0 Å². The summed E-state index contributed by atoms with van der Waals surface area (Å²) in [6.07, 6.45) is 3.25. The molecule has 4 rings (SSSR count). The molecule has 9 nitrogen and oxygen atoms in total. The third kappa shape index (κ3) is 3.87. The molecule has 0 spiro atoms. The number of benzene rings is 1. The van der Waals surface area contributed by atoms with E-state index in [1.54, 1.807) is 24.4 Å². The van der Waals surface area contributed by atoms with Crippen LogP contribution in [-0.2, 0) is 0 Å². The van der Waals surface area contributed by atoms with Crippen molar-refractivity contribution in [1.82, 2.24) is 14.4 Å². The Morgan fingerprint density at radius 3 is 2.69 bits per heavy atom. The second-order valence-electron chi connectivity index (χ2n) is 5.86. The fraction of sp³-hybridized carbons (Fsp3) is 0. The first-order chi connectivity index (χ1) is 13.9. The summed E-state index contributed by atoms with van der Waals surface area (Å²) in [5.41, 5.74) is 1.62. The molecule has 0 aliphatic rings. The predicted octanol–water partition coefficient (Wildman–Crippen LogP) is 4.12. The Hall–Kier alpha value is -3.92. The number of nitrogens with zero attached hydrogens (tertiary/aromatic N) is 3. The quantitative estimate of drug-likeness (QED) is 0.461. The summed E-state index contributed by atoms with van der Waals surface area (Å²) in [5, 5.41) is 14.0. The van der Waals surface area contributed by atoms with Crippen molar-refractivity contribution in [3.05, 3.63) is 65.7 Å². The second kappa shape index (κ2) is 7.24. The molecule has 1 aromatic carbocycles. The van der Waals surface area contributed by atoms with Crippen LogP contribution < -0.4 is 10.6 Å². The van der Waals surface area contributed by atoms with Crippen LogP contribution in [0.5, 0.6) is 0 Å². The number of hydrogen-bond acceptors (Lipinski definition) is 5. The summed E-state index contributed by atoms with van der Waals surface area (Å²) in [4.78, 5) is 31.3. The highest BCUT2D eigenvalue weighted by Crippen LogP contribution is 2.30. The molecule has 4 aromatic rings. The molecule has 0 aliphatic heterocycles. The van der Waals surface area contributed by atoms with Crippen molar-refractivity contribution in [2.24, 2.45) is 0 Å². The molecule has 3 heterocycles. The number of carbonyl (C=O) groups is 2. The Balaban J connectivity index is 1.65. The number of aromatic nitrogens is 3. The van der Waals surface area contributed by atoms with Gasteiger partial charge in [-0.1, -0.05) is 11.6 Å². The molecule has 2 amide bonds. The summed E-state index contributed by atoms with van der Waals surface area (Å²) < 4.78 is 19.1. The van der Waals surface area contributed by atoms with Crippen molar-refractivity contribution >= 4 is 40.8 Å². The van der Waals surface area contributed by atoms with Gasteiger partial charge < -0.3 is 14.8 Å². The molecule has 3 N–H and O–H groups in total. The SMILES string of the molecule is O=C(O)Nc1cnc2nc(-c3cc(NC(=O)c4ccc(F)o4)ccc3Cl)cn2c1. The molecule has 0 saturated heterocycles. The molecule has 0 atom stereocenters. The number of fused-ring (bicyclic) bond motifs is 1. The molecule has 0 radical (unpaired) electrons. The first-order valence-electron chi connectivity index (χ1n) is 8.10. The number of imidazole rings is 1. The van der Waals surface area contributed by atoms with Crippen LogP contribution in [0.4, 0.5) is 20.6 Å². The summed E-state index contributed by atoms with van der Waals surface area (Å²) >= 11 is 6.27. The number of anilines is 2. The molecule has 146 valence electrons. The topological polar surface area (TPSA) is 122 Å². The van der Waals surface area contributed by atoms with E-state index in [0.717, 1.165) is 6.07 Å². The number of nitrogens with one attached hydrogen (secondary N) is 2. The van der Waals surface area contributed by atoms with Crippen LogP contribution >= 0.6 is 11.6 Å². The number of hydrogen-bond donors (Lipinski definition) is 3. The van der Waals surface area contributed by atoms with Crippen LogP contribution in [0.2, 0.25) is 5.02 Å². The number of rotatable bonds is 4. The van der Waals surface area contributed by atoms with Crippen molar-refractivity contribution in [2.75, 3.05) is 10.6 Å². The number of carboxylic acid groups (broad SMARTS) is 1. The molecule has 3 aromatic heterocycles. The summed E-state index contributed by atoms with van der Waals surface area (Å²) in [6, 6.07) is 6.14. The lowest BCUT2D eigenvalue weighted by Gasteiger charge is -2.06. The Labute approximate surface area is 166 Å². The predicted molar refractivity (Wildman–Crippen MR) is 102 cm³/mol. The summed E-state index contributed by atoms with van der Waals surface area (Å²) in [7, 11) is 0. The molecule has 0 unspecified atom stereocenters. The Morgan fingerprint density at radius 1 is 1.14 bits per heavy atom. The Kier molecular flexibility index (Phi) is 4.61. The Bertz CT molecular complexity index is 1250. The van der Waals surface area contributed by atoms with Gasteiger partial charge in [0, 0.05) is 29.7 Å². The van der Waals surface area contributed by atoms with E-state index in [1.165, 1.54) is 22.9 Å². The normalized spacial score (nSPS) is 10.8. The van der Waals surface area contributed by atoms with E-state index in [-0.39, 0.29) is 11.4 Å². The number of amides is 2. The summed E-state index contributed by atoms with van der Waals surface area (Å²) in [5.74, 6) is -0.467. The highest BCUT2D eigenvalue weighted by atomic mass is 35.5. The van der Waals surface area contributed by atoms with Crippen LogP contribution in [0.1, 0.15) is 10.6 Å². The zero-order chi connectivity index (χ0) is 20.5. The number of carbonyl (C=O) groups excluding carboxylic acids is 1. The van der Waals surface area contributed by atoms with Crippen molar-refractivity contribution in [3.63, 3.8) is 0 Å². The largest absolute Gasteiger partial charge is 0.465 e. The van der Waals surface area contributed by atoms with Gasteiger partial charge in [0.2, 0.25) is 5.78 Å². The average molecular weight is 416 g/mol. The van der Waals surface area contributed by atoms with Gasteiger partial charge in [-0.15, -0.1) is 0 Å². The molecular formula is C18H11ClFN5O4. The lowest BCUT2D eigenvalue weighted by Crippen LogP contribution is -2.10. The van der Waals surface area contributed by atoms with E-state index in [4.69, 9.17) is 16.7 Å². The zero-order valence-electron chi connectivity index (χ0n) is 14.4. The van der Waals surface area contributed by atoms with Crippen molar-refractivity contribution in [2.45, 2.75) is 0 Å². The van der Waals surface area contributed by atoms with E-state index < -0.39 is 18.0 Å². The van der Waals surface area contributed by atoms with Gasteiger partial charge in [0.15, 0.2) is 5.76 Å². The van der Waals surface area contributed by atoms with Crippen molar-refractivity contribution < 1.29 is 23.5 Å². The third-order valence-electron chi connectivity index (χ3n) is 3.86. The van der Waals surface area contributed by atoms with Crippen LogP contribution in [0.3, 0.4) is 0 Å². The lowest BCUT2D eigenvalue weighted by atomic mass is 10.1. The minimum absolute atomic E-state index is 0.172. The second-order valence-corrected chi connectivity index (χ2v) is 6.27. The Morgan fingerprint density at radius 2 is 1.97 bits per heavy atom. The summed E-state index contributed by atoms with van der Waals surface area (Å²) in [6.45, 7) is 0. The molecule has 0 aliphatic carbocycles. The van der Waals surface area contributed by atoms with Gasteiger partial charge in [-0.25, -0.2) is 14.8 Å². The highest BCUT2D eigenvalue weighted by Gasteiger charge is 2.15. The molecule has 0 saturated carbocycles. The van der Waals surface area contributed by atoms with Gasteiger partial charge in [-0.05, 0) is 24.3 Å². The van der Waals surface area contributed by atoms with Gasteiger partial charge in [0.1, 0.15) is 0 Å². The van der Waals surface area contributed by atoms with Crippen LogP contribution in [0, 0.1) is 6.01 Å². The molecule has 0 bridgehead atoms. The maximum Gasteiger partial charge on any atom is 0.409 e. The monoisotopic (exact) mass is 415 g/mol. The van der Waals surface area contributed by atoms with Gasteiger partial charge in [0.25, 0.3) is 11.9 Å². The smallest absolute Gasteiger partial charge is 0.409 e. The van der Waals surface area contributed by atoms with E-state index in [1.807, 2.05) is 0 Å². The van der Waals surface area contributed by atoms with Gasteiger partial charge in [0.05, 0.1) is 22.6 Å². The van der Waals surface area contributed by atoms with Gasteiger partial charge >= 0.3 is 6.09 Å². The maximum absolute atomic E-state index is 12.9. The van der Waals surface area contributed by atoms with Gasteiger partial charge in [-0.3, -0.25) is 14.5 Å². The molecular weight excluding hydrogens is 405 g/mol. The zero-order valence-corrected chi connectivity index (χ0v) is 15.1. The molecule has 11 heteroatoms. The van der Waals surface area contributed by atoms with Crippen LogP contribution in [0.25, 0.3) is 17.0 Å². The fourth-order valence-electron chi connectivity index (χ4n) is 2.63. The van der Waals surface area contributed by atoms with E-state index in [0.29, 0.717) is 27.7 Å². The minimum Gasteiger partial charge on any atom is -0.465 e. The lowest BCUT2D eigenvalue weighted by molar-refractivity contribution is 0.0988. The average Bonchev–Trinajstić information content (AvgIpc) is 3.28. The fourth-order valence-corrected chi connectivity index (χ4v) is 2.85. The minimum atomic E-state index is -1.21. The number of furan rings is 1. The van der Waals surface area contributed by atoms with Crippen LogP contribution in [0.15, 0.2) is 53.3 Å². The third-order valence-corrected chi connectivity index (χ3v) is 4.19. The van der Waals surface area contributed by atoms with Crippen molar-refractivity contribution in [3.8, 4) is 11.3 Å². The first-order valence-corrected chi connectivity index (χ1v) is 8.48. The molecule has 0 fully saturated rings. The van der Waals surface area contributed by atoms with E-state index in [9.17, 15) is 14.0 Å². The maximum atomic E-state index is 12.9.